The highest BCUT2D eigenvalue weighted by molar-refractivity contribution is 6.45. The third kappa shape index (κ3) is 4.00. The van der Waals surface area contributed by atoms with Gasteiger partial charge in [0, 0.05) is 18.1 Å². The zero-order valence-electron chi connectivity index (χ0n) is 18.9. The lowest BCUT2D eigenvalue weighted by Crippen LogP contribution is -2.43. The molecule has 1 fully saturated rings. The SMILES string of the molecule is COc1ccc(C)cc1N1C(=O)C(c2ccc(Cl)cc2)=C(N(C)C2CCN(C)CC2)C1=O. The highest BCUT2D eigenvalue weighted by Crippen LogP contribution is 2.40. The van der Waals surface area contributed by atoms with Crippen molar-refractivity contribution in [1.29, 1.82) is 0 Å². The molecule has 0 saturated carbocycles. The number of amides is 2. The monoisotopic (exact) mass is 453 g/mol. The number of benzene rings is 2. The first-order valence-corrected chi connectivity index (χ1v) is 11.1. The summed E-state index contributed by atoms with van der Waals surface area (Å²) >= 11 is 6.09. The van der Waals surface area contributed by atoms with E-state index in [0.717, 1.165) is 31.5 Å². The average molecular weight is 454 g/mol. The minimum atomic E-state index is -0.351. The van der Waals surface area contributed by atoms with Crippen LogP contribution in [0.25, 0.3) is 5.57 Å². The molecule has 2 aliphatic heterocycles. The largest absolute Gasteiger partial charge is 0.495 e. The molecular weight excluding hydrogens is 426 g/mol. The molecule has 0 spiro atoms. The lowest BCUT2D eigenvalue weighted by molar-refractivity contribution is -0.120. The van der Waals surface area contributed by atoms with E-state index in [-0.39, 0.29) is 17.9 Å². The third-order valence-electron chi connectivity index (χ3n) is 6.36. The van der Waals surface area contributed by atoms with Crippen molar-refractivity contribution in [1.82, 2.24) is 9.80 Å². The fourth-order valence-electron chi connectivity index (χ4n) is 4.48. The number of nitrogens with zero attached hydrogens (tertiary/aromatic N) is 3. The van der Waals surface area contributed by atoms with Gasteiger partial charge in [-0.15, -0.1) is 0 Å². The molecule has 7 heteroatoms. The molecule has 1 saturated heterocycles. The van der Waals surface area contributed by atoms with Crippen LogP contribution in [0, 0.1) is 6.92 Å². The molecule has 6 nitrogen and oxygen atoms in total. The van der Waals surface area contributed by atoms with Gasteiger partial charge in [-0.2, -0.15) is 0 Å². The molecule has 4 rings (SSSR count). The number of likely N-dealkylation sites (N-methyl/N-ethyl adjacent to an activating group) is 1. The second-order valence-electron chi connectivity index (χ2n) is 8.50. The maximum atomic E-state index is 13.8. The van der Waals surface area contributed by atoms with Crippen LogP contribution in [0.4, 0.5) is 5.69 Å². The first kappa shape index (κ1) is 22.4. The molecule has 0 N–H and O–H groups in total. The average Bonchev–Trinajstić information content (AvgIpc) is 3.04. The van der Waals surface area contributed by atoms with Gasteiger partial charge in [-0.3, -0.25) is 9.59 Å². The number of methoxy groups -OCH3 is 1. The number of ether oxygens (including phenoxy) is 1. The number of rotatable bonds is 5. The summed E-state index contributed by atoms with van der Waals surface area (Å²) in [6.45, 7) is 3.83. The van der Waals surface area contributed by atoms with E-state index < -0.39 is 0 Å². The molecule has 0 bridgehead atoms. The Morgan fingerprint density at radius 2 is 1.69 bits per heavy atom. The molecule has 0 aliphatic carbocycles. The van der Waals surface area contributed by atoms with E-state index in [1.165, 1.54) is 12.0 Å². The predicted octanol–water partition coefficient (Wildman–Crippen LogP) is 3.97. The van der Waals surface area contributed by atoms with Crippen LogP contribution in [0.2, 0.25) is 5.02 Å². The van der Waals surface area contributed by atoms with Gasteiger partial charge in [-0.05, 0) is 75.3 Å². The molecule has 2 aromatic carbocycles. The number of aryl methyl sites for hydroxylation is 1. The van der Waals surface area contributed by atoms with Crippen LogP contribution >= 0.6 is 11.6 Å². The zero-order chi connectivity index (χ0) is 23.0. The van der Waals surface area contributed by atoms with E-state index in [1.54, 1.807) is 30.3 Å². The van der Waals surface area contributed by atoms with Crippen molar-refractivity contribution < 1.29 is 14.3 Å². The van der Waals surface area contributed by atoms with Gasteiger partial charge in [0.25, 0.3) is 11.8 Å². The number of anilines is 1. The molecule has 0 unspecified atom stereocenters. The zero-order valence-corrected chi connectivity index (χ0v) is 19.6. The summed E-state index contributed by atoms with van der Waals surface area (Å²) in [6, 6.07) is 12.7. The Kier molecular flexibility index (Phi) is 6.26. The number of imide groups is 1. The topological polar surface area (TPSA) is 53.1 Å². The Bertz CT molecular complexity index is 1070. The summed E-state index contributed by atoms with van der Waals surface area (Å²) < 4.78 is 5.49. The van der Waals surface area contributed by atoms with Crippen LogP contribution in [-0.4, -0.2) is 62.0 Å². The molecule has 168 valence electrons. The van der Waals surface area contributed by atoms with E-state index in [9.17, 15) is 9.59 Å². The minimum absolute atomic E-state index is 0.180. The Balaban J connectivity index is 1.82. The van der Waals surface area contributed by atoms with Gasteiger partial charge in [0.2, 0.25) is 0 Å². The van der Waals surface area contributed by atoms with E-state index in [2.05, 4.69) is 11.9 Å². The quantitative estimate of drug-likeness (QED) is 0.641. The summed E-state index contributed by atoms with van der Waals surface area (Å²) in [4.78, 5) is 33.1. The Morgan fingerprint density at radius 1 is 1.03 bits per heavy atom. The normalized spacial score (nSPS) is 18.0. The van der Waals surface area contributed by atoms with Crippen LogP contribution in [0.3, 0.4) is 0 Å². The molecular formula is C25H28ClN3O3. The van der Waals surface area contributed by atoms with E-state index in [4.69, 9.17) is 16.3 Å². The Hall–Kier alpha value is -2.83. The van der Waals surface area contributed by atoms with Crippen molar-refractivity contribution in [2.45, 2.75) is 25.8 Å². The van der Waals surface area contributed by atoms with Gasteiger partial charge >= 0.3 is 0 Å². The van der Waals surface area contributed by atoms with Crippen LogP contribution in [-0.2, 0) is 9.59 Å². The molecule has 2 aromatic rings. The highest BCUT2D eigenvalue weighted by atomic mass is 35.5. The fourth-order valence-corrected chi connectivity index (χ4v) is 4.61. The molecule has 32 heavy (non-hydrogen) atoms. The summed E-state index contributed by atoms with van der Waals surface area (Å²) in [6.07, 6.45) is 1.86. The first-order chi connectivity index (χ1) is 15.3. The maximum absolute atomic E-state index is 13.8. The third-order valence-corrected chi connectivity index (χ3v) is 6.61. The minimum Gasteiger partial charge on any atom is -0.495 e. The second-order valence-corrected chi connectivity index (χ2v) is 8.93. The lowest BCUT2D eigenvalue weighted by Gasteiger charge is -2.36. The fraction of sp³-hybridized carbons (Fsp3) is 0.360. The van der Waals surface area contributed by atoms with Gasteiger partial charge in [0.1, 0.15) is 11.4 Å². The molecule has 0 atom stereocenters. The number of likely N-dealkylation sites (tertiary alicyclic amines) is 1. The number of piperidine rings is 1. The van der Waals surface area contributed by atoms with Gasteiger partial charge in [0.15, 0.2) is 0 Å². The highest BCUT2D eigenvalue weighted by Gasteiger charge is 2.44. The van der Waals surface area contributed by atoms with Gasteiger partial charge in [0.05, 0.1) is 18.4 Å². The first-order valence-electron chi connectivity index (χ1n) is 10.8. The second kappa shape index (κ2) is 8.96. The van der Waals surface area contributed by atoms with Crippen molar-refractivity contribution in [2.24, 2.45) is 0 Å². The van der Waals surface area contributed by atoms with Gasteiger partial charge in [-0.1, -0.05) is 29.8 Å². The standard InChI is InChI=1S/C25H28ClN3O3/c1-16-5-10-21(32-4)20(15-16)29-24(30)22(17-6-8-18(26)9-7-17)23(25(29)31)28(3)19-11-13-27(2)14-12-19/h5-10,15,19H,11-14H2,1-4H3. The number of hydrogen-bond acceptors (Lipinski definition) is 5. The molecule has 2 amide bonds. The molecule has 2 aliphatic rings. The van der Waals surface area contributed by atoms with Crippen molar-refractivity contribution in [3.63, 3.8) is 0 Å². The summed E-state index contributed by atoms with van der Waals surface area (Å²) in [5.41, 5.74) is 2.90. The molecule has 2 heterocycles. The summed E-state index contributed by atoms with van der Waals surface area (Å²) in [7, 11) is 5.56. The van der Waals surface area contributed by atoms with E-state index in [1.807, 2.05) is 31.0 Å². The number of halogens is 1. The van der Waals surface area contributed by atoms with E-state index >= 15 is 0 Å². The number of carbonyl (C=O) groups is 2. The number of hydrogen-bond donors (Lipinski definition) is 0. The van der Waals surface area contributed by atoms with Gasteiger partial charge < -0.3 is 14.5 Å². The van der Waals surface area contributed by atoms with Crippen molar-refractivity contribution in [2.75, 3.05) is 39.2 Å². The van der Waals surface area contributed by atoms with Crippen molar-refractivity contribution in [3.05, 3.63) is 64.3 Å². The predicted molar refractivity (Wildman–Crippen MR) is 127 cm³/mol. The van der Waals surface area contributed by atoms with Gasteiger partial charge in [-0.25, -0.2) is 4.90 Å². The van der Waals surface area contributed by atoms with E-state index in [0.29, 0.717) is 33.3 Å². The van der Waals surface area contributed by atoms with Crippen LogP contribution in [0.1, 0.15) is 24.0 Å². The number of carbonyl (C=O) groups excluding carboxylic acids is 2. The Morgan fingerprint density at radius 3 is 2.31 bits per heavy atom. The van der Waals surface area contributed by atoms with Crippen LogP contribution in [0.15, 0.2) is 48.2 Å². The maximum Gasteiger partial charge on any atom is 0.282 e. The van der Waals surface area contributed by atoms with Crippen molar-refractivity contribution >= 4 is 34.7 Å². The molecule has 0 radical (unpaired) electrons. The summed E-state index contributed by atoms with van der Waals surface area (Å²) in [5.74, 6) is -0.197. The smallest absolute Gasteiger partial charge is 0.282 e. The lowest BCUT2D eigenvalue weighted by atomic mass is 10.0. The molecule has 0 aromatic heterocycles. The van der Waals surface area contributed by atoms with Crippen molar-refractivity contribution in [3.8, 4) is 5.75 Å². The Labute approximate surface area is 194 Å². The van der Waals surface area contributed by atoms with Crippen LogP contribution < -0.4 is 9.64 Å². The van der Waals surface area contributed by atoms with Crippen LogP contribution in [0.5, 0.6) is 5.75 Å². The summed E-state index contributed by atoms with van der Waals surface area (Å²) in [5, 5.41) is 0.577.